The van der Waals surface area contributed by atoms with E-state index in [0.29, 0.717) is 0 Å². The monoisotopic (exact) mass is 302 g/mol. The summed E-state index contributed by atoms with van der Waals surface area (Å²) in [6.45, 7) is 3.06. The molecule has 0 N–H and O–H groups in total. The van der Waals surface area contributed by atoms with E-state index in [1.54, 1.807) is 0 Å². The SMILES string of the molecule is C=C[C-]=O.[Cu+].[W]. The minimum atomic E-state index is 0. The Labute approximate surface area is 61.9 Å². The number of allylic oxidation sites excluding steroid dienone is 1. The second-order valence-corrected chi connectivity index (χ2v) is 0.322. The minimum absolute atomic E-state index is 0. The third-order valence-electron chi connectivity index (χ3n) is 0.0833. The fourth-order valence-corrected chi connectivity index (χ4v) is 0. The molecule has 0 aliphatic heterocycles. The summed E-state index contributed by atoms with van der Waals surface area (Å²) in [5.41, 5.74) is 0. The summed E-state index contributed by atoms with van der Waals surface area (Å²) in [7, 11) is 0. The Balaban J connectivity index is -0.0000000450. The molecule has 0 saturated heterocycles. The minimum Gasteiger partial charge on any atom is -0.419 e. The smallest absolute Gasteiger partial charge is 0.419 e. The Morgan fingerprint density at radius 1 is 1.67 bits per heavy atom. The first kappa shape index (κ1) is 16.0. The van der Waals surface area contributed by atoms with Gasteiger partial charge in [-0.25, -0.2) is 12.7 Å². The van der Waals surface area contributed by atoms with Gasteiger partial charge in [-0.1, -0.05) is 0 Å². The van der Waals surface area contributed by atoms with E-state index in [4.69, 9.17) is 4.79 Å². The molecule has 0 bridgehead atoms. The topological polar surface area (TPSA) is 17.1 Å². The van der Waals surface area contributed by atoms with Crippen molar-refractivity contribution in [2.24, 2.45) is 0 Å². The summed E-state index contributed by atoms with van der Waals surface area (Å²) >= 11 is 0. The van der Waals surface area contributed by atoms with E-state index in [2.05, 4.69) is 6.58 Å². The maximum absolute atomic E-state index is 8.93. The summed E-state index contributed by atoms with van der Waals surface area (Å²) in [6.07, 6.45) is 2.51. The quantitative estimate of drug-likeness (QED) is 0.386. The molecule has 0 aromatic heterocycles. The van der Waals surface area contributed by atoms with Crippen molar-refractivity contribution in [1.29, 1.82) is 0 Å². The van der Waals surface area contributed by atoms with Crippen molar-refractivity contribution in [2.45, 2.75) is 0 Å². The van der Waals surface area contributed by atoms with Gasteiger partial charge in [0, 0.05) is 21.1 Å². The Kier molecular flexibility index (Phi) is 46.5. The Hall–Kier alpha value is 0.618. The third-order valence-corrected chi connectivity index (χ3v) is 0.0833. The fraction of sp³-hybridized carbons (Fsp3) is 0. The zero-order valence-electron chi connectivity index (χ0n) is 2.90. The Bertz CT molecular complexity index is 31.8. The number of hydrogen-bond donors (Lipinski definition) is 0. The molecule has 0 radical (unpaired) electrons. The van der Waals surface area contributed by atoms with E-state index in [1.807, 2.05) is 0 Å². The van der Waals surface area contributed by atoms with Crippen LogP contribution in [-0.4, -0.2) is 6.29 Å². The van der Waals surface area contributed by atoms with Gasteiger partial charge < -0.3 is 4.79 Å². The van der Waals surface area contributed by atoms with E-state index in [0.717, 1.165) is 6.08 Å². The van der Waals surface area contributed by atoms with E-state index < -0.39 is 0 Å². The van der Waals surface area contributed by atoms with Gasteiger partial charge in [-0.3, -0.25) is 0 Å². The number of carbonyl (C=O) groups excluding carboxylic acids is 1. The van der Waals surface area contributed by atoms with E-state index in [-0.39, 0.29) is 38.1 Å². The summed E-state index contributed by atoms with van der Waals surface area (Å²) in [5.74, 6) is 0. The van der Waals surface area contributed by atoms with Crippen LogP contribution in [0.3, 0.4) is 0 Å². The molecule has 0 amide bonds. The van der Waals surface area contributed by atoms with Crippen molar-refractivity contribution in [1.82, 2.24) is 0 Å². The molecule has 0 unspecified atom stereocenters. The molecule has 3 heteroatoms. The normalized spacial score (nSPS) is 3.33. The van der Waals surface area contributed by atoms with Gasteiger partial charge in [-0.15, -0.1) is 0 Å². The molecule has 0 spiro atoms. The van der Waals surface area contributed by atoms with E-state index in [1.165, 1.54) is 6.29 Å². The van der Waals surface area contributed by atoms with Crippen molar-refractivity contribution < 1.29 is 42.9 Å². The predicted molar refractivity (Wildman–Crippen MR) is 15.9 cm³/mol. The average Bonchev–Trinajstić information content (AvgIpc) is 1.37. The van der Waals surface area contributed by atoms with Crippen molar-refractivity contribution in [3.63, 3.8) is 0 Å². The number of rotatable bonds is 1. The zero-order chi connectivity index (χ0) is 3.41. The van der Waals surface area contributed by atoms with Crippen LogP contribution in [0.15, 0.2) is 12.7 Å². The Morgan fingerprint density at radius 2 is 1.83 bits per heavy atom. The van der Waals surface area contributed by atoms with Gasteiger partial charge in [0.15, 0.2) is 0 Å². The van der Waals surface area contributed by atoms with E-state index >= 15 is 0 Å². The van der Waals surface area contributed by atoms with E-state index in [9.17, 15) is 0 Å². The van der Waals surface area contributed by atoms with Crippen molar-refractivity contribution in [3.05, 3.63) is 12.7 Å². The molecular formula is C3H3CuOW. The summed E-state index contributed by atoms with van der Waals surface area (Å²) in [5, 5.41) is 0. The van der Waals surface area contributed by atoms with Crippen LogP contribution < -0.4 is 0 Å². The second kappa shape index (κ2) is 17.5. The van der Waals surface area contributed by atoms with Crippen LogP contribution >= 0.6 is 0 Å². The Morgan fingerprint density at radius 3 is 1.83 bits per heavy atom. The fourth-order valence-electron chi connectivity index (χ4n) is 0. The van der Waals surface area contributed by atoms with Gasteiger partial charge in [-0.05, 0) is 6.29 Å². The molecule has 0 aliphatic rings. The maximum Gasteiger partial charge on any atom is 1.00 e. The largest absolute Gasteiger partial charge is 1.00 e. The molecule has 0 aromatic rings. The second-order valence-electron chi connectivity index (χ2n) is 0.322. The number of hydrogen-bond acceptors (Lipinski definition) is 1. The standard InChI is InChI=1S/C3H3O.Cu.W/c1-2-3-4;;/h2H,1H2;;/q-1;+1;. The molecule has 6 heavy (non-hydrogen) atoms. The van der Waals surface area contributed by atoms with Crippen LogP contribution in [0.25, 0.3) is 0 Å². The molecule has 0 fully saturated rings. The van der Waals surface area contributed by atoms with Gasteiger partial charge in [0.05, 0.1) is 0 Å². The molecule has 0 aromatic carbocycles. The first-order chi connectivity index (χ1) is 1.91. The van der Waals surface area contributed by atoms with Crippen LogP contribution in [0, 0.1) is 0 Å². The van der Waals surface area contributed by atoms with Gasteiger partial charge >= 0.3 is 17.1 Å². The molecule has 0 rings (SSSR count). The molecule has 0 saturated carbocycles. The van der Waals surface area contributed by atoms with Crippen LogP contribution in [0.5, 0.6) is 0 Å². The van der Waals surface area contributed by atoms with Gasteiger partial charge in [0.25, 0.3) is 0 Å². The summed E-state index contributed by atoms with van der Waals surface area (Å²) < 4.78 is 0. The molecule has 0 heterocycles. The van der Waals surface area contributed by atoms with Crippen molar-refractivity contribution >= 4 is 6.29 Å². The molecule has 38 valence electrons. The van der Waals surface area contributed by atoms with Gasteiger partial charge in [0.1, 0.15) is 0 Å². The summed E-state index contributed by atoms with van der Waals surface area (Å²) in [6, 6.07) is 0. The predicted octanol–water partition coefficient (Wildman–Crippen LogP) is 0.277. The first-order valence-corrected chi connectivity index (χ1v) is 0.901. The third kappa shape index (κ3) is 23.1. The average molecular weight is 302 g/mol. The van der Waals surface area contributed by atoms with Crippen LogP contribution in [0.4, 0.5) is 0 Å². The van der Waals surface area contributed by atoms with Crippen molar-refractivity contribution in [3.8, 4) is 0 Å². The van der Waals surface area contributed by atoms with Crippen molar-refractivity contribution in [2.75, 3.05) is 0 Å². The first-order valence-electron chi connectivity index (χ1n) is 0.901. The zero-order valence-corrected chi connectivity index (χ0v) is 6.78. The summed E-state index contributed by atoms with van der Waals surface area (Å²) in [4.78, 5) is 8.93. The van der Waals surface area contributed by atoms with Gasteiger partial charge in [0.2, 0.25) is 0 Å². The van der Waals surface area contributed by atoms with Gasteiger partial charge in [-0.2, -0.15) is 0 Å². The molecular weight excluding hydrogens is 299 g/mol. The van der Waals surface area contributed by atoms with Crippen LogP contribution in [0.2, 0.25) is 0 Å². The van der Waals surface area contributed by atoms with Crippen LogP contribution in [-0.2, 0) is 42.9 Å². The molecule has 1 nitrogen and oxygen atoms in total. The van der Waals surface area contributed by atoms with Crippen LogP contribution in [0.1, 0.15) is 0 Å². The molecule has 0 atom stereocenters. The molecule has 0 aliphatic carbocycles. The maximum atomic E-state index is 8.93.